The van der Waals surface area contributed by atoms with Crippen LogP contribution < -0.4 is 5.32 Å². The van der Waals surface area contributed by atoms with E-state index >= 15 is 0 Å². The summed E-state index contributed by atoms with van der Waals surface area (Å²) in [6, 6.07) is 4.43. The van der Waals surface area contributed by atoms with E-state index in [-0.39, 0.29) is 0 Å². The summed E-state index contributed by atoms with van der Waals surface area (Å²) in [6.45, 7) is 5.19. The van der Waals surface area contributed by atoms with E-state index in [1.54, 1.807) is 0 Å². The zero-order chi connectivity index (χ0) is 13.0. The molecular weight excluding hydrogens is 224 g/mol. The van der Waals surface area contributed by atoms with Crippen LogP contribution in [0.15, 0.2) is 30.7 Å². The molecule has 1 unspecified atom stereocenters. The van der Waals surface area contributed by atoms with Crippen LogP contribution in [0.4, 0.5) is 0 Å². The van der Waals surface area contributed by atoms with E-state index in [4.69, 9.17) is 0 Å². The van der Waals surface area contributed by atoms with Crippen molar-refractivity contribution < 1.29 is 0 Å². The average Bonchev–Trinajstić information content (AvgIpc) is 2.70. The van der Waals surface area contributed by atoms with Crippen molar-refractivity contribution in [3.05, 3.63) is 47.5 Å². The van der Waals surface area contributed by atoms with E-state index in [2.05, 4.69) is 41.4 Å². The van der Waals surface area contributed by atoms with Crippen LogP contribution in [0.25, 0.3) is 0 Å². The third-order valence-corrected chi connectivity index (χ3v) is 3.15. The Kier molecular flexibility index (Phi) is 4.10. The van der Waals surface area contributed by atoms with Gasteiger partial charge in [-0.25, -0.2) is 0 Å². The maximum Gasteiger partial charge on any atom is 0.0582 e. The van der Waals surface area contributed by atoms with E-state index in [0.29, 0.717) is 6.04 Å². The molecule has 2 aromatic rings. The zero-order valence-electron chi connectivity index (χ0n) is 11.2. The highest BCUT2D eigenvalue weighted by Gasteiger charge is 2.17. The zero-order valence-corrected chi connectivity index (χ0v) is 11.2. The summed E-state index contributed by atoms with van der Waals surface area (Å²) in [7, 11) is 2.00. The van der Waals surface area contributed by atoms with Crippen molar-refractivity contribution in [1.29, 1.82) is 0 Å². The van der Waals surface area contributed by atoms with Crippen LogP contribution in [0.2, 0.25) is 0 Å². The lowest BCUT2D eigenvalue weighted by Crippen LogP contribution is -2.25. The van der Waals surface area contributed by atoms with Gasteiger partial charge in [0.1, 0.15) is 0 Å². The standard InChI is InChI=1S/C14H20N4/c1-4-16-13(9-12-5-7-15-8-6-12)14-11(2)10-17-18(14)3/h5-8,10,13,16H,4,9H2,1-3H3. The van der Waals surface area contributed by atoms with Gasteiger partial charge in [0, 0.05) is 19.4 Å². The molecule has 0 spiro atoms. The Bertz CT molecular complexity index is 470. The van der Waals surface area contributed by atoms with Gasteiger partial charge in [0.25, 0.3) is 0 Å². The number of pyridine rings is 1. The summed E-state index contributed by atoms with van der Waals surface area (Å²) < 4.78 is 1.96. The Labute approximate surface area is 108 Å². The number of hydrogen-bond donors (Lipinski definition) is 1. The summed E-state index contributed by atoms with van der Waals surface area (Å²) in [6.07, 6.45) is 6.56. The van der Waals surface area contributed by atoms with Gasteiger partial charge >= 0.3 is 0 Å². The van der Waals surface area contributed by atoms with E-state index < -0.39 is 0 Å². The van der Waals surface area contributed by atoms with Crippen molar-refractivity contribution in [2.75, 3.05) is 6.54 Å². The van der Waals surface area contributed by atoms with Crippen molar-refractivity contribution in [3.63, 3.8) is 0 Å². The van der Waals surface area contributed by atoms with Crippen LogP contribution in [0, 0.1) is 6.92 Å². The van der Waals surface area contributed by atoms with Gasteiger partial charge in [0.2, 0.25) is 0 Å². The van der Waals surface area contributed by atoms with Gasteiger partial charge in [-0.05, 0) is 43.1 Å². The van der Waals surface area contributed by atoms with E-state index in [0.717, 1.165) is 13.0 Å². The molecule has 4 nitrogen and oxygen atoms in total. The molecule has 2 heterocycles. The Balaban J connectivity index is 2.24. The molecule has 96 valence electrons. The van der Waals surface area contributed by atoms with Crippen molar-refractivity contribution in [1.82, 2.24) is 20.1 Å². The first-order chi connectivity index (χ1) is 8.72. The van der Waals surface area contributed by atoms with Gasteiger partial charge in [0.05, 0.1) is 17.9 Å². The predicted molar refractivity (Wildman–Crippen MR) is 72.3 cm³/mol. The lowest BCUT2D eigenvalue weighted by Gasteiger charge is -2.19. The van der Waals surface area contributed by atoms with Crippen LogP contribution in [0.5, 0.6) is 0 Å². The first kappa shape index (κ1) is 12.8. The number of nitrogens with one attached hydrogen (secondary N) is 1. The van der Waals surface area contributed by atoms with Crippen molar-refractivity contribution in [2.45, 2.75) is 26.3 Å². The molecule has 18 heavy (non-hydrogen) atoms. The summed E-state index contributed by atoms with van der Waals surface area (Å²) in [5, 5.41) is 7.86. The highest BCUT2D eigenvalue weighted by molar-refractivity contribution is 5.23. The molecule has 0 aliphatic heterocycles. The molecular formula is C14H20N4. The Morgan fingerprint density at radius 2 is 2.06 bits per heavy atom. The van der Waals surface area contributed by atoms with E-state index in [1.807, 2.05) is 30.3 Å². The van der Waals surface area contributed by atoms with Gasteiger partial charge < -0.3 is 5.32 Å². The molecule has 1 N–H and O–H groups in total. The van der Waals surface area contributed by atoms with Crippen LogP contribution in [0.1, 0.15) is 29.8 Å². The molecule has 1 atom stereocenters. The average molecular weight is 244 g/mol. The molecule has 0 saturated carbocycles. The van der Waals surface area contributed by atoms with Crippen LogP contribution >= 0.6 is 0 Å². The number of hydrogen-bond acceptors (Lipinski definition) is 3. The lowest BCUT2D eigenvalue weighted by molar-refractivity contribution is 0.505. The second kappa shape index (κ2) is 5.78. The summed E-state index contributed by atoms with van der Waals surface area (Å²) >= 11 is 0. The Morgan fingerprint density at radius 3 is 2.61 bits per heavy atom. The fourth-order valence-corrected chi connectivity index (χ4v) is 2.32. The minimum absolute atomic E-state index is 0.296. The minimum atomic E-state index is 0.296. The normalized spacial score (nSPS) is 12.6. The van der Waals surface area contributed by atoms with Gasteiger partial charge in [-0.3, -0.25) is 9.67 Å². The maximum absolute atomic E-state index is 4.33. The van der Waals surface area contributed by atoms with Gasteiger partial charge in [-0.2, -0.15) is 5.10 Å². The molecule has 2 rings (SSSR count). The van der Waals surface area contributed by atoms with Crippen molar-refractivity contribution in [3.8, 4) is 0 Å². The molecule has 0 amide bonds. The molecule has 0 aliphatic carbocycles. The third-order valence-electron chi connectivity index (χ3n) is 3.15. The SMILES string of the molecule is CCNC(Cc1ccncc1)c1c(C)cnn1C. The summed E-state index contributed by atoms with van der Waals surface area (Å²) in [5.74, 6) is 0. The summed E-state index contributed by atoms with van der Waals surface area (Å²) in [5.41, 5.74) is 3.78. The van der Waals surface area contributed by atoms with E-state index in [9.17, 15) is 0 Å². The fraction of sp³-hybridized carbons (Fsp3) is 0.429. The smallest absolute Gasteiger partial charge is 0.0582 e. The topological polar surface area (TPSA) is 42.7 Å². The van der Waals surface area contributed by atoms with Crippen LogP contribution in [0.3, 0.4) is 0 Å². The molecule has 0 fully saturated rings. The van der Waals surface area contributed by atoms with Crippen molar-refractivity contribution >= 4 is 0 Å². The molecule has 2 aromatic heterocycles. The van der Waals surface area contributed by atoms with Crippen molar-refractivity contribution in [2.24, 2.45) is 7.05 Å². The predicted octanol–water partition coefficient (Wildman–Crippen LogP) is 2.02. The highest BCUT2D eigenvalue weighted by Crippen LogP contribution is 2.20. The Morgan fingerprint density at radius 1 is 1.33 bits per heavy atom. The molecule has 4 heteroatoms. The molecule has 0 radical (unpaired) electrons. The maximum atomic E-state index is 4.33. The first-order valence-corrected chi connectivity index (χ1v) is 6.33. The fourth-order valence-electron chi connectivity index (χ4n) is 2.32. The monoisotopic (exact) mass is 244 g/mol. The lowest BCUT2D eigenvalue weighted by atomic mass is 10.0. The largest absolute Gasteiger partial charge is 0.309 e. The highest BCUT2D eigenvalue weighted by atomic mass is 15.3. The number of rotatable bonds is 5. The number of aromatic nitrogens is 3. The first-order valence-electron chi connectivity index (χ1n) is 6.33. The van der Waals surface area contributed by atoms with Crippen LogP contribution in [-0.2, 0) is 13.5 Å². The molecule has 0 saturated heterocycles. The minimum Gasteiger partial charge on any atom is -0.309 e. The third kappa shape index (κ3) is 2.76. The Hall–Kier alpha value is -1.68. The second-order valence-electron chi connectivity index (χ2n) is 4.51. The van der Waals surface area contributed by atoms with Gasteiger partial charge in [0.15, 0.2) is 0 Å². The summed E-state index contributed by atoms with van der Waals surface area (Å²) in [4.78, 5) is 4.06. The number of aryl methyl sites for hydroxylation is 2. The molecule has 0 aromatic carbocycles. The van der Waals surface area contributed by atoms with Gasteiger partial charge in [-0.1, -0.05) is 6.92 Å². The number of nitrogens with zero attached hydrogens (tertiary/aromatic N) is 3. The van der Waals surface area contributed by atoms with Gasteiger partial charge in [-0.15, -0.1) is 0 Å². The number of likely N-dealkylation sites (N-methyl/N-ethyl adjacent to an activating group) is 1. The second-order valence-corrected chi connectivity index (χ2v) is 4.51. The van der Waals surface area contributed by atoms with E-state index in [1.165, 1.54) is 16.8 Å². The molecule has 0 aliphatic rings. The van der Waals surface area contributed by atoms with Crippen LogP contribution in [-0.4, -0.2) is 21.3 Å². The molecule has 0 bridgehead atoms. The quantitative estimate of drug-likeness (QED) is 0.875.